The summed E-state index contributed by atoms with van der Waals surface area (Å²) in [6, 6.07) is 1.49. The standard InChI is InChI=1S/C7H3BrFNO4/c8-7(12)3-1-4(9)6(10(13)14)5(11)2-3/h1-2,11H. The average Bonchev–Trinajstić information content (AvgIpc) is 2.01. The molecule has 5 nitrogen and oxygen atoms in total. The number of nitro groups is 1. The van der Waals surface area contributed by atoms with E-state index in [0.29, 0.717) is 6.07 Å². The van der Waals surface area contributed by atoms with Crippen LogP contribution < -0.4 is 0 Å². The number of phenolic OH excluding ortho intramolecular Hbond substituents is 1. The first-order valence-electron chi connectivity index (χ1n) is 3.30. The number of carbonyl (C=O) groups is 1. The van der Waals surface area contributed by atoms with Crippen LogP contribution in [0.5, 0.6) is 5.75 Å². The van der Waals surface area contributed by atoms with E-state index in [1.165, 1.54) is 0 Å². The number of phenols is 1. The smallest absolute Gasteiger partial charge is 0.346 e. The Morgan fingerprint density at radius 2 is 2.14 bits per heavy atom. The van der Waals surface area contributed by atoms with Gasteiger partial charge >= 0.3 is 5.69 Å². The molecule has 0 aliphatic carbocycles. The predicted octanol–water partition coefficient (Wildman–Crippen LogP) is 1.97. The van der Waals surface area contributed by atoms with E-state index in [1.807, 2.05) is 0 Å². The van der Waals surface area contributed by atoms with E-state index in [4.69, 9.17) is 5.11 Å². The summed E-state index contributed by atoms with van der Waals surface area (Å²) >= 11 is 2.53. The molecule has 1 aromatic carbocycles. The number of carbonyl (C=O) groups excluding carboxylic acids is 1. The highest BCUT2D eigenvalue weighted by Gasteiger charge is 2.22. The van der Waals surface area contributed by atoms with Gasteiger partial charge in [-0.05, 0) is 28.1 Å². The second kappa shape index (κ2) is 3.70. The minimum Gasteiger partial charge on any atom is -0.502 e. The van der Waals surface area contributed by atoms with Crippen LogP contribution in [0.2, 0.25) is 0 Å². The van der Waals surface area contributed by atoms with Crippen LogP contribution in [0.15, 0.2) is 12.1 Å². The Hall–Kier alpha value is -1.50. The van der Waals surface area contributed by atoms with Crippen LogP contribution in [0.3, 0.4) is 0 Å². The van der Waals surface area contributed by atoms with Crippen molar-refractivity contribution in [3.05, 3.63) is 33.6 Å². The molecule has 1 rings (SSSR count). The zero-order chi connectivity index (χ0) is 10.9. The van der Waals surface area contributed by atoms with Crippen molar-refractivity contribution < 1.29 is 19.2 Å². The summed E-state index contributed by atoms with van der Waals surface area (Å²) in [7, 11) is 0. The molecule has 14 heavy (non-hydrogen) atoms. The Bertz CT molecular complexity index is 397. The summed E-state index contributed by atoms with van der Waals surface area (Å²) in [5.74, 6) is -2.13. The molecule has 74 valence electrons. The number of aromatic hydroxyl groups is 1. The number of hydrogen-bond acceptors (Lipinski definition) is 4. The van der Waals surface area contributed by atoms with Gasteiger partial charge in [-0.15, -0.1) is 0 Å². The Kier molecular flexibility index (Phi) is 2.80. The first-order valence-corrected chi connectivity index (χ1v) is 4.09. The third-order valence-corrected chi connectivity index (χ3v) is 1.91. The van der Waals surface area contributed by atoms with Crippen LogP contribution in [-0.2, 0) is 0 Å². The molecule has 0 aliphatic heterocycles. The van der Waals surface area contributed by atoms with E-state index >= 15 is 0 Å². The third kappa shape index (κ3) is 1.87. The van der Waals surface area contributed by atoms with Gasteiger partial charge in [-0.2, -0.15) is 4.39 Å². The Balaban J connectivity index is 3.39. The summed E-state index contributed by atoms with van der Waals surface area (Å²) < 4.78 is 12.3. The number of halogens is 2. The summed E-state index contributed by atoms with van der Waals surface area (Å²) in [6.07, 6.45) is 0. The van der Waals surface area contributed by atoms with E-state index in [-0.39, 0.29) is 5.56 Å². The molecule has 0 amide bonds. The highest BCUT2D eigenvalue weighted by Crippen LogP contribution is 2.30. The van der Waals surface area contributed by atoms with Gasteiger partial charge < -0.3 is 5.11 Å². The Labute approximate surface area is 85.4 Å². The molecule has 0 saturated carbocycles. The maximum absolute atomic E-state index is 12.9. The highest BCUT2D eigenvalue weighted by molar-refractivity contribution is 9.18. The van der Waals surface area contributed by atoms with Crippen LogP contribution >= 0.6 is 15.9 Å². The van der Waals surface area contributed by atoms with Gasteiger partial charge in [0.1, 0.15) is 0 Å². The van der Waals surface area contributed by atoms with Crippen molar-refractivity contribution in [2.75, 3.05) is 0 Å². The minimum absolute atomic E-state index is 0.189. The van der Waals surface area contributed by atoms with Gasteiger partial charge in [-0.3, -0.25) is 14.9 Å². The second-order valence-electron chi connectivity index (χ2n) is 2.36. The van der Waals surface area contributed by atoms with E-state index in [1.54, 1.807) is 0 Å². The van der Waals surface area contributed by atoms with Gasteiger partial charge in [0.15, 0.2) is 5.75 Å². The number of rotatable bonds is 2. The van der Waals surface area contributed by atoms with Crippen molar-refractivity contribution >= 4 is 26.3 Å². The van der Waals surface area contributed by atoms with Gasteiger partial charge in [0.25, 0.3) is 0 Å². The second-order valence-corrected chi connectivity index (χ2v) is 3.08. The van der Waals surface area contributed by atoms with Gasteiger partial charge in [0.05, 0.1) is 4.92 Å². The lowest BCUT2D eigenvalue weighted by Gasteiger charge is -1.99. The Morgan fingerprint density at radius 3 is 2.50 bits per heavy atom. The summed E-state index contributed by atoms with van der Waals surface area (Å²) in [6.45, 7) is 0. The Morgan fingerprint density at radius 1 is 1.57 bits per heavy atom. The van der Waals surface area contributed by atoms with Crippen molar-refractivity contribution in [2.24, 2.45) is 0 Å². The van der Waals surface area contributed by atoms with Gasteiger partial charge in [0.2, 0.25) is 10.5 Å². The van der Waals surface area contributed by atoms with Crippen molar-refractivity contribution in [2.45, 2.75) is 0 Å². The quantitative estimate of drug-likeness (QED) is 0.503. The largest absolute Gasteiger partial charge is 0.502 e. The molecule has 0 saturated heterocycles. The molecule has 0 aliphatic rings. The lowest BCUT2D eigenvalue weighted by molar-refractivity contribution is -0.388. The number of benzene rings is 1. The van der Waals surface area contributed by atoms with E-state index < -0.39 is 26.9 Å². The van der Waals surface area contributed by atoms with E-state index in [2.05, 4.69) is 15.9 Å². The molecule has 0 aromatic heterocycles. The molecule has 1 aromatic rings. The lowest BCUT2D eigenvalue weighted by Crippen LogP contribution is -1.96. The van der Waals surface area contributed by atoms with Crippen molar-refractivity contribution in [1.29, 1.82) is 0 Å². The zero-order valence-corrected chi connectivity index (χ0v) is 8.12. The van der Waals surface area contributed by atoms with Crippen LogP contribution in [0, 0.1) is 15.9 Å². The van der Waals surface area contributed by atoms with Crippen LogP contribution in [0.1, 0.15) is 10.4 Å². The first-order chi connectivity index (χ1) is 6.43. The van der Waals surface area contributed by atoms with E-state index in [0.717, 1.165) is 6.07 Å². The van der Waals surface area contributed by atoms with Crippen LogP contribution in [0.4, 0.5) is 10.1 Å². The number of nitro benzene ring substituents is 1. The van der Waals surface area contributed by atoms with Gasteiger partial charge in [-0.25, -0.2) is 0 Å². The average molecular weight is 264 g/mol. The molecule has 1 N–H and O–H groups in total. The molecule has 0 unspecified atom stereocenters. The SMILES string of the molecule is O=C(Br)c1cc(O)c([N+](=O)[O-])c(F)c1. The van der Waals surface area contributed by atoms with Crippen LogP contribution in [-0.4, -0.2) is 14.7 Å². The summed E-state index contributed by atoms with van der Waals surface area (Å²) in [5, 5.41) is 19.3. The fourth-order valence-electron chi connectivity index (χ4n) is 0.879. The van der Waals surface area contributed by atoms with Crippen LogP contribution in [0.25, 0.3) is 0 Å². The maximum atomic E-state index is 12.9. The van der Waals surface area contributed by atoms with Crippen molar-refractivity contribution in [3.8, 4) is 5.75 Å². The summed E-state index contributed by atoms with van der Waals surface area (Å²) in [5.41, 5.74) is -1.23. The highest BCUT2D eigenvalue weighted by atomic mass is 79.9. The molecule has 0 spiro atoms. The fraction of sp³-hybridized carbons (Fsp3) is 0. The summed E-state index contributed by atoms with van der Waals surface area (Å²) in [4.78, 5) is 19.9. The lowest BCUT2D eigenvalue weighted by atomic mass is 10.2. The van der Waals surface area contributed by atoms with Crippen molar-refractivity contribution in [1.82, 2.24) is 0 Å². The zero-order valence-electron chi connectivity index (χ0n) is 6.53. The molecular weight excluding hydrogens is 261 g/mol. The molecule has 0 bridgehead atoms. The molecule has 0 radical (unpaired) electrons. The third-order valence-electron chi connectivity index (χ3n) is 1.45. The van der Waals surface area contributed by atoms with Gasteiger partial charge in [0, 0.05) is 5.56 Å². The van der Waals surface area contributed by atoms with Gasteiger partial charge in [-0.1, -0.05) is 0 Å². The number of nitrogens with zero attached hydrogens (tertiary/aromatic N) is 1. The minimum atomic E-state index is -1.25. The monoisotopic (exact) mass is 263 g/mol. The first kappa shape index (κ1) is 10.6. The van der Waals surface area contributed by atoms with Crippen molar-refractivity contribution in [3.63, 3.8) is 0 Å². The molecule has 0 heterocycles. The van der Waals surface area contributed by atoms with E-state index in [9.17, 15) is 19.3 Å². The molecular formula is C7H3BrFNO4. The number of hydrogen-bond donors (Lipinski definition) is 1. The maximum Gasteiger partial charge on any atom is 0.346 e. The normalized spacial score (nSPS) is 9.86. The topological polar surface area (TPSA) is 80.4 Å². The molecule has 0 atom stereocenters. The fourth-order valence-corrected chi connectivity index (χ4v) is 1.11. The molecule has 0 fully saturated rings. The molecule has 7 heteroatoms. The predicted molar refractivity (Wildman–Crippen MR) is 48.0 cm³/mol.